The van der Waals surface area contributed by atoms with Crippen LogP contribution in [0.1, 0.15) is 0 Å². The number of sulfone groups is 1. The zero-order chi connectivity index (χ0) is 21.6. The average Bonchev–Trinajstić information content (AvgIpc) is 2.71. The Morgan fingerprint density at radius 3 is 2.33 bits per heavy atom. The van der Waals surface area contributed by atoms with Gasteiger partial charge in [-0.2, -0.15) is 0 Å². The van der Waals surface area contributed by atoms with Gasteiger partial charge in [0, 0.05) is 17.1 Å². The highest BCUT2D eigenvalue weighted by Gasteiger charge is 2.27. The van der Waals surface area contributed by atoms with Gasteiger partial charge in [-0.1, -0.05) is 29.8 Å². The van der Waals surface area contributed by atoms with Crippen molar-refractivity contribution in [2.45, 2.75) is 9.79 Å². The molecule has 4 aromatic rings. The van der Waals surface area contributed by atoms with Crippen molar-refractivity contribution in [2.24, 2.45) is 0 Å². The van der Waals surface area contributed by atoms with E-state index in [2.05, 4.69) is 4.98 Å². The lowest BCUT2D eigenvalue weighted by Crippen LogP contribution is -2.07. The van der Waals surface area contributed by atoms with Crippen LogP contribution in [0.2, 0.25) is 5.02 Å². The SMILES string of the molecule is O=S(=O)(c1ccc(F)c(F)c1)c1cnc2c(F)c(Cl)ccc2c1-c1cccc(F)c1. The number of rotatable bonds is 3. The number of nitrogens with zero attached hydrogens (tertiary/aromatic N) is 1. The summed E-state index contributed by atoms with van der Waals surface area (Å²) in [6.45, 7) is 0. The molecule has 1 heterocycles. The molecule has 1 aromatic heterocycles. The molecule has 152 valence electrons. The first-order valence-electron chi connectivity index (χ1n) is 8.43. The minimum absolute atomic E-state index is 0.0419. The third-order valence-electron chi connectivity index (χ3n) is 4.50. The van der Waals surface area contributed by atoms with Crippen LogP contribution in [0.3, 0.4) is 0 Å². The molecule has 0 atom stereocenters. The molecule has 0 aliphatic heterocycles. The van der Waals surface area contributed by atoms with Gasteiger partial charge in [0.15, 0.2) is 17.5 Å². The first-order valence-corrected chi connectivity index (χ1v) is 10.3. The summed E-state index contributed by atoms with van der Waals surface area (Å²) in [6, 6.07) is 9.72. The number of fused-ring (bicyclic) bond motifs is 1. The fourth-order valence-electron chi connectivity index (χ4n) is 3.10. The predicted molar refractivity (Wildman–Crippen MR) is 104 cm³/mol. The van der Waals surface area contributed by atoms with E-state index in [4.69, 9.17) is 11.6 Å². The smallest absolute Gasteiger partial charge is 0.208 e. The molecule has 0 fully saturated rings. The Hall–Kier alpha value is -2.97. The van der Waals surface area contributed by atoms with Crippen molar-refractivity contribution in [3.05, 3.63) is 89.1 Å². The number of aromatic nitrogens is 1. The van der Waals surface area contributed by atoms with Gasteiger partial charge < -0.3 is 0 Å². The molecule has 0 saturated heterocycles. The van der Waals surface area contributed by atoms with E-state index in [1.165, 1.54) is 24.3 Å². The van der Waals surface area contributed by atoms with Crippen molar-refractivity contribution in [2.75, 3.05) is 0 Å². The molecular formula is C21H10ClF4NO2S. The summed E-state index contributed by atoms with van der Waals surface area (Å²) in [7, 11) is -4.43. The van der Waals surface area contributed by atoms with Crippen LogP contribution in [0.25, 0.3) is 22.0 Å². The fraction of sp³-hybridized carbons (Fsp3) is 0. The van der Waals surface area contributed by atoms with Gasteiger partial charge in [0.05, 0.1) is 14.8 Å². The summed E-state index contributed by atoms with van der Waals surface area (Å²) in [5.74, 6) is -4.09. The Balaban J connectivity index is 2.11. The van der Waals surface area contributed by atoms with Crippen LogP contribution >= 0.6 is 11.6 Å². The van der Waals surface area contributed by atoms with Crippen LogP contribution < -0.4 is 0 Å². The zero-order valence-corrected chi connectivity index (χ0v) is 16.4. The molecule has 0 bridgehead atoms. The highest BCUT2D eigenvalue weighted by molar-refractivity contribution is 7.91. The van der Waals surface area contributed by atoms with Crippen LogP contribution in [0, 0.1) is 23.3 Å². The van der Waals surface area contributed by atoms with Gasteiger partial charge in [-0.05, 0) is 42.0 Å². The van der Waals surface area contributed by atoms with Crippen molar-refractivity contribution in [1.29, 1.82) is 0 Å². The minimum Gasteiger partial charge on any atom is -0.252 e. The van der Waals surface area contributed by atoms with Gasteiger partial charge in [0.25, 0.3) is 0 Å². The van der Waals surface area contributed by atoms with Crippen molar-refractivity contribution >= 4 is 32.3 Å². The van der Waals surface area contributed by atoms with Gasteiger partial charge in [-0.25, -0.2) is 26.0 Å². The average molecular weight is 452 g/mol. The summed E-state index contributed by atoms with van der Waals surface area (Å²) >= 11 is 5.80. The van der Waals surface area contributed by atoms with Gasteiger partial charge in [-0.15, -0.1) is 0 Å². The topological polar surface area (TPSA) is 47.0 Å². The Kier molecular flexibility index (Phi) is 4.99. The van der Waals surface area contributed by atoms with Gasteiger partial charge in [0.1, 0.15) is 11.3 Å². The molecule has 0 aliphatic rings. The molecule has 30 heavy (non-hydrogen) atoms. The summed E-state index contributed by atoms with van der Waals surface area (Å²) in [4.78, 5) is 2.93. The number of hydrogen-bond acceptors (Lipinski definition) is 3. The lowest BCUT2D eigenvalue weighted by molar-refractivity contribution is 0.504. The van der Waals surface area contributed by atoms with Crippen LogP contribution in [0.5, 0.6) is 0 Å². The predicted octanol–water partition coefficient (Wildman–Crippen LogP) is 5.94. The van der Waals surface area contributed by atoms with Gasteiger partial charge in [-0.3, -0.25) is 4.98 Å². The maximum atomic E-state index is 14.5. The number of pyridine rings is 1. The highest BCUT2D eigenvalue weighted by atomic mass is 35.5. The minimum atomic E-state index is -4.43. The molecule has 0 unspecified atom stereocenters. The van der Waals surface area contributed by atoms with E-state index < -0.39 is 42.9 Å². The maximum absolute atomic E-state index is 14.5. The molecule has 0 N–H and O–H groups in total. The van der Waals surface area contributed by atoms with E-state index in [1.807, 2.05) is 0 Å². The third kappa shape index (κ3) is 3.32. The monoisotopic (exact) mass is 451 g/mol. The van der Waals surface area contributed by atoms with E-state index >= 15 is 0 Å². The van der Waals surface area contributed by atoms with Crippen LogP contribution in [0.15, 0.2) is 70.6 Å². The van der Waals surface area contributed by atoms with E-state index in [9.17, 15) is 26.0 Å². The van der Waals surface area contributed by atoms with E-state index in [0.29, 0.717) is 12.1 Å². The third-order valence-corrected chi connectivity index (χ3v) is 6.55. The molecule has 3 nitrogen and oxygen atoms in total. The van der Waals surface area contributed by atoms with E-state index in [1.54, 1.807) is 0 Å². The second-order valence-electron chi connectivity index (χ2n) is 6.34. The number of benzene rings is 3. The summed E-state index contributed by atoms with van der Waals surface area (Å²) in [6.07, 6.45) is 0.887. The summed E-state index contributed by atoms with van der Waals surface area (Å²) < 4.78 is 81.8. The molecular weight excluding hydrogens is 442 g/mol. The Labute approximate surface area is 173 Å². The van der Waals surface area contributed by atoms with E-state index in [-0.39, 0.29) is 27.1 Å². The molecule has 0 amide bonds. The van der Waals surface area contributed by atoms with Crippen LogP contribution in [-0.2, 0) is 9.84 Å². The molecule has 4 rings (SSSR count). The highest BCUT2D eigenvalue weighted by Crippen LogP contribution is 2.38. The standard InChI is InChI=1S/C21H10ClF4NO2S/c22-15-6-5-14-19(11-2-1-3-12(23)8-11)18(10-27-21(14)20(15)26)30(28,29)13-4-7-16(24)17(25)9-13/h1-10H. The number of hydrogen-bond donors (Lipinski definition) is 0. The Morgan fingerprint density at radius 1 is 0.867 bits per heavy atom. The zero-order valence-electron chi connectivity index (χ0n) is 14.8. The molecule has 0 saturated carbocycles. The quantitative estimate of drug-likeness (QED) is 0.286. The van der Waals surface area contributed by atoms with Crippen LogP contribution in [-0.4, -0.2) is 13.4 Å². The van der Waals surface area contributed by atoms with Gasteiger partial charge >= 0.3 is 0 Å². The largest absolute Gasteiger partial charge is 0.252 e. The Bertz CT molecular complexity index is 1420. The normalized spacial score (nSPS) is 11.8. The van der Waals surface area contributed by atoms with Crippen molar-refractivity contribution in [1.82, 2.24) is 4.98 Å². The molecule has 0 aliphatic carbocycles. The Morgan fingerprint density at radius 2 is 1.63 bits per heavy atom. The second-order valence-corrected chi connectivity index (χ2v) is 8.67. The first kappa shape index (κ1) is 20.3. The van der Waals surface area contributed by atoms with Gasteiger partial charge in [0.2, 0.25) is 9.84 Å². The summed E-state index contributed by atoms with van der Waals surface area (Å²) in [5.41, 5.74) is -0.129. The first-order chi connectivity index (χ1) is 14.2. The lowest BCUT2D eigenvalue weighted by Gasteiger charge is -2.14. The van der Waals surface area contributed by atoms with E-state index in [0.717, 1.165) is 24.4 Å². The summed E-state index contributed by atoms with van der Waals surface area (Å²) in [5, 5.41) is -0.164. The fourth-order valence-corrected chi connectivity index (χ4v) is 4.71. The van der Waals surface area contributed by atoms with Crippen molar-refractivity contribution < 1.29 is 26.0 Å². The number of halogens is 5. The maximum Gasteiger partial charge on any atom is 0.208 e. The molecule has 0 radical (unpaired) electrons. The lowest BCUT2D eigenvalue weighted by atomic mass is 10.0. The molecule has 9 heteroatoms. The van der Waals surface area contributed by atoms with Crippen molar-refractivity contribution in [3.63, 3.8) is 0 Å². The molecule has 3 aromatic carbocycles. The van der Waals surface area contributed by atoms with Crippen molar-refractivity contribution in [3.8, 4) is 11.1 Å². The second kappa shape index (κ2) is 7.37. The van der Waals surface area contributed by atoms with Crippen LogP contribution in [0.4, 0.5) is 17.6 Å². The molecule has 0 spiro atoms.